The molecule has 1 unspecified atom stereocenters. The van der Waals surface area contributed by atoms with Crippen LogP contribution in [-0.4, -0.2) is 39.8 Å². The number of carbonyl (C=O) groups is 3. The van der Waals surface area contributed by atoms with E-state index in [-0.39, 0.29) is 24.1 Å². The molecule has 2 aromatic carbocycles. The van der Waals surface area contributed by atoms with Gasteiger partial charge in [0.2, 0.25) is 11.8 Å². The maximum absolute atomic E-state index is 13.2. The molecule has 0 saturated carbocycles. The number of hydrogen-bond donors (Lipinski definition) is 1. The molecule has 0 aliphatic carbocycles. The number of nitrogens with zero attached hydrogens (tertiary/aromatic N) is 3. The summed E-state index contributed by atoms with van der Waals surface area (Å²) in [5.74, 6) is 0.355. The van der Waals surface area contributed by atoms with Crippen molar-refractivity contribution >= 4 is 40.2 Å². The smallest absolute Gasteiger partial charge is 0.257 e. The van der Waals surface area contributed by atoms with Gasteiger partial charge in [-0.05, 0) is 44.0 Å². The van der Waals surface area contributed by atoms with Crippen molar-refractivity contribution in [2.24, 2.45) is 0 Å². The average Bonchev–Trinajstić information content (AvgIpc) is 3.28. The Hall–Kier alpha value is -3.68. The molecule has 164 valence electrons. The number of aromatic nitrogens is 1. The number of amides is 3. The van der Waals surface area contributed by atoms with Gasteiger partial charge >= 0.3 is 0 Å². The second-order valence-corrected chi connectivity index (χ2v) is 8.49. The topological polar surface area (TPSA) is 95.8 Å². The van der Waals surface area contributed by atoms with Crippen LogP contribution in [0.2, 0.25) is 0 Å². The molecule has 5 rings (SSSR count). The molecule has 2 aliphatic heterocycles. The van der Waals surface area contributed by atoms with E-state index in [1.165, 1.54) is 0 Å². The van der Waals surface area contributed by atoms with Crippen LogP contribution in [0.4, 0.5) is 11.4 Å². The molecule has 32 heavy (non-hydrogen) atoms. The first-order valence-electron chi connectivity index (χ1n) is 10.8. The van der Waals surface area contributed by atoms with E-state index in [0.29, 0.717) is 54.2 Å². The fourth-order valence-corrected chi connectivity index (χ4v) is 4.78. The molecule has 3 aromatic rings. The van der Waals surface area contributed by atoms with Gasteiger partial charge in [0.1, 0.15) is 11.2 Å². The summed E-state index contributed by atoms with van der Waals surface area (Å²) < 4.78 is 5.51. The highest BCUT2D eigenvalue weighted by Gasteiger charge is 2.52. The van der Waals surface area contributed by atoms with E-state index in [0.717, 1.165) is 5.52 Å². The first-order chi connectivity index (χ1) is 15.4. The maximum Gasteiger partial charge on any atom is 0.257 e. The zero-order valence-corrected chi connectivity index (χ0v) is 18.1. The van der Waals surface area contributed by atoms with Crippen molar-refractivity contribution in [3.8, 4) is 0 Å². The molecule has 0 radical (unpaired) electrons. The standard InChI is InChI=1S/C24H24N4O4/c1-15-25-18-10-9-16(14-20(18)32-15)26-21(29)8-5-13-27-23(31)17-6-3-4-7-19(17)28-22(30)11-12-24(27,28)2/h3-4,6-7,9-10,14H,5,8,11-13H2,1-2H3,(H,26,29). The van der Waals surface area contributed by atoms with Gasteiger partial charge in [0.05, 0.1) is 11.3 Å². The number of para-hydroxylation sites is 1. The fourth-order valence-electron chi connectivity index (χ4n) is 4.78. The molecule has 0 bridgehead atoms. The van der Waals surface area contributed by atoms with Crippen LogP contribution >= 0.6 is 0 Å². The summed E-state index contributed by atoms with van der Waals surface area (Å²) in [5, 5.41) is 2.88. The largest absolute Gasteiger partial charge is 0.441 e. The second kappa shape index (κ2) is 7.47. The summed E-state index contributed by atoms with van der Waals surface area (Å²) in [6.07, 6.45) is 1.72. The SMILES string of the molecule is Cc1nc2ccc(NC(=O)CCCN3C(=O)c4ccccc4N4C(=O)CCC34C)cc2o1. The highest BCUT2D eigenvalue weighted by molar-refractivity contribution is 6.10. The summed E-state index contributed by atoms with van der Waals surface area (Å²) in [4.78, 5) is 46.1. The molecular formula is C24H24N4O4. The minimum Gasteiger partial charge on any atom is -0.441 e. The van der Waals surface area contributed by atoms with Crippen molar-refractivity contribution in [2.75, 3.05) is 16.8 Å². The molecule has 1 fully saturated rings. The molecule has 2 aliphatic rings. The van der Waals surface area contributed by atoms with Gasteiger partial charge in [-0.1, -0.05) is 12.1 Å². The highest BCUT2D eigenvalue weighted by atomic mass is 16.3. The highest BCUT2D eigenvalue weighted by Crippen LogP contribution is 2.44. The van der Waals surface area contributed by atoms with E-state index in [2.05, 4.69) is 10.3 Å². The lowest BCUT2D eigenvalue weighted by Crippen LogP contribution is -2.62. The third-order valence-electron chi connectivity index (χ3n) is 6.31. The zero-order chi connectivity index (χ0) is 22.5. The number of oxazole rings is 1. The predicted molar refractivity (Wildman–Crippen MR) is 119 cm³/mol. The van der Waals surface area contributed by atoms with Crippen LogP contribution in [0.1, 0.15) is 48.9 Å². The lowest BCUT2D eigenvalue weighted by Gasteiger charge is -2.48. The summed E-state index contributed by atoms with van der Waals surface area (Å²) in [7, 11) is 0. The first kappa shape index (κ1) is 20.2. The third-order valence-corrected chi connectivity index (χ3v) is 6.31. The van der Waals surface area contributed by atoms with Gasteiger partial charge in [-0.15, -0.1) is 0 Å². The number of aryl methyl sites for hydroxylation is 1. The van der Waals surface area contributed by atoms with Crippen LogP contribution in [0.25, 0.3) is 11.1 Å². The van der Waals surface area contributed by atoms with Gasteiger partial charge in [-0.2, -0.15) is 0 Å². The van der Waals surface area contributed by atoms with Crippen molar-refractivity contribution < 1.29 is 18.8 Å². The quantitative estimate of drug-likeness (QED) is 0.661. The number of carbonyl (C=O) groups excluding carboxylic acids is 3. The van der Waals surface area contributed by atoms with Gasteiger partial charge in [0, 0.05) is 38.1 Å². The number of rotatable bonds is 5. The Balaban J connectivity index is 1.27. The van der Waals surface area contributed by atoms with Crippen molar-refractivity contribution in [3.05, 3.63) is 53.9 Å². The molecule has 3 amide bonds. The first-order valence-corrected chi connectivity index (χ1v) is 10.8. The van der Waals surface area contributed by atoms with Crippen molar-refractivity contribution in [1.82, 2.24) is 9.88 Å². The minimum absolute atomic E-state index is 0.0215. The van der Waals surface area contributed by atoms with Crippen LogP contribution < -0.4 is 10.2 Å². The molecule has 0 spiro atoms. The third kappa shape index (κ3) is 3.23. The average molecular weight is 432 g/mol. The van der Waals surface area contributed by atoms with E-state index in [9.17, 15) is 14.4 Å². The number of anilines is 2. The van der Waals surface area contributed by atoms with Crippen molar-refractivity contribution in [1.29, 1.82) is 0 Å². The number of hydrogen-bond acceptors (Lipinski definition) is 5. The van der Waals surface area contributed by atoms with E-state index in [1.807, 2.05) is 19.1 Å². The normalized spacial score (nSPS) is 19.9. The van der Waals surface area contributed by atoms with E-state index in [1.54, 1.807) is 47.1 Å². The van der Waals surface area contributed by atoms with Gasteiger partial charge < -0.3 is 14.6 Å². The van der Waals surface area contributed by atoms with Gasteiger partial charge in [-0.25, -0.2) is 4.98 Å². The van der Waals surface area contributed by atoms with Crippen LogP contribution in [0.3, 0.4) is 0 Å². The van der Waals surface area contributed by atoms with Crippen molar-refractivity contribution in [2.45, 2.75) is 45.2 Å². The Morgan fingerprint density at radius 1 is 1.22 bits per heavy atom. The Kier molecular flexibility index (Phi) is 4.73. The Morgan fingerprint density at radius 2 is 2.03 bits per heavy atom. The van der Waals surface area contributed by atoms with Crippen LogP contribution in [0, 0.1) is 6.92 Å². The zero-order valence-electron chi connectivity index (χ0n) is 18.1. The monoisotopic (exact) mass is 432 g/mol. The van der Waals surface area contributed by atoms with E-state index < -0.39 is 5.66 Å². The molecule has 8 nitrogen and oxygen atoms in total. The predicted octanol–water partition coefficient (Wildman–Crippen LogP) is 3.85. The fraction of sp³-hybridized carbons (Fsp3) is 0.333. The summed E-state index contributed by atoms with van der Waals surface area (Å²) in [6.45, 7) is 4.10. The number of benzene rings is 2. The van der Waals surface area contributed by atoms with Crippen molar-refractivity contribution in [3.63, 3.8) is 0 Å². The number of nitrogens with one attached hydrogen (secondary N) is 1. The molecule has 1 atom stereocenters. The minimum atomic E-state index is -0.700. The van der Waals surface area contributed by atoms with E-state index >= 15 is 0 Å². The molecule has 1 saturated heterocycles. The Morgan fingerprint density at radius 3 is 2.88 bits per heavy atom. The Labute approximate surface area is 185 Å². The van der Waals surface area contributed by atoms with Gasteiger partial charge in [0.15, 0.2) is 11.5 Å². The number of fused-ring (bicyclic) bond motifs is 4. The Bertz CT molecular complexity index is 1250. The van der Waals surface area contributed by atoms with E-state index in [4.69, 9.17) is 4.42 Å². The van der Waals surface area contributed by atoms with Gasteiger partial charge in [0.25, 0.3) is 5.91 Å². The van der Waals surface area contributed by atoms with Crippen LogP contribution in [-0.2, 0) is 9.59 Å². The summed E-state index contributed by atoms with van der Waals surface area (Å²) in [5.41, 5.74) is 2.51. The molecular weight excluding hydrogens is 408 g/mol. The van der Waals surface area contributed by atoms with Gasteiger partial charge in [-0.3, -0.25) is 19.3 Å². The molecule has 1 aromatic heterocycles. The maximum atomic E-state index is 13.2. The van der Waals surface area contributed by atoms with Crippen LogP contribution in [0.15, 0.2) is 46.9 Å². The molecule has 1 N–H and O–H groups in total. The second-order valence-electron chi connectivity index (χ2n) is 8.49. The lowest BCUT2D eigenvalue weighted by molar-refractivity contribution is -0.118. The lowest BCUT2D eigenvalue weighted by atomic mass is 9.98. The summed E-state index contributed by atoms with van der Waals surface area (Å²) >= 11 is 0. The molecule has 8 heteroatoms. The van der Waals surface area contributed by atoms with Crippen LogP contribution in [0.5, 0.6) is 0 Å². The summed E-state index contributed by atoms with van der Waals surface area (Å²) in [6, 6.07) is 12.6. The molecule has 3 heterocycles.